The van der Waals surface area contributed by atoms with Crippen LogP contribution in [0.4, 0.5) is 32.6 Å². The van der Waals surface area contributed by atoms with Gasteiger partial charge in [0.1, 0.15) is 22.8 Å². The summed E-state index contributed by atoms with van der Waals surface area (Å²) in [5.41, 5.74) is 1.37. The molecule has 0 aliphatic carbocycles. The third-order valence-corrected chi connectivity index (χ3v) is 14.1. The van der Waals surface area contributed by atoms with Crippen molar-refractivity contribution >= 4 is 131 Å². The molecule has 5 N–H and O–H groups in total. The largest absolute Gasteiger partial charge is 1.00 e. The van der Waals surface area contributed by atoms with E-state index in [1.807, 2.05) is 0 Å². The number of rotatable bonds is 18. The van der Waals surface area contributed by atoms with Gasteiger partial charge in [-0.2, -0.15) is 26.3 Å². The van der Waals surface area contributed by atoms with Gasteiger partial charge in [-0.25, -0.2) is 29.1 Å². The van der Waals surface area contributed by atoms with Crippen molar-refractivity contribution in [3.63, 3.8) is 0 Å². The van der Waals surface area contributed by atoms with Crippen LogP contribution in [0.2, 0.25) is 10.0 Å². The Morgan fingerprint density at radius 1 is 0.765 bits per heavy atom. The number of hydrogen-bond acceptors (Lipinski definition) is 17. The van der Waals surface area contributed by atoms with Gasteiger partial charge in [0.25, 0.3) is 16.7 Å². The Bertz CT molecular complexity index is 3480. The molecule has 25 nitrogen and oxygen atoms in total. The number of amides is 2. The first-order valence-corrected chi connectivity index (χ1v) is 29.1. The Hall–Kier alpha value is -3.71. The summed E-state index contributed by atoms with van der Waals surface area (Å²) in [5.74, 6) is -0.621. The van der Waals surface area contributed by atoms with Gasteiger partial charge in [0.05, 0.1) is 35.6 Å². The number of carbonyl (C=O) groups is 5. The van der Waals surface area contributed by atoms with E-state index in [1.165, 1.54) is 16.7 Å². The van der Waals surface area contributed by atoms with Crippen molar-refractivity contribution in [2.45, 2.75) is 107 Å². The number of fused-ring (bicyclic) bond motifs is 2. The van der Waals surface area contributed by atoms with Crippen LogP contribution in [-0.2, 0) is 62.1 Å². The van der Waals surface area contributed by atoms with E-state index in [9.17, 15) is 36.0 Å². The normalized spacial score (nSPS) is 12.5. The topological polar surface area (TPSA) is 322 Å². The molecule has 1 aliphatic rings. The average molecular weight is 1340 g/mol. The number of pyridine rings is 2. The molecule has 0 bridgehead atoms. The summed E-state index contributed by atoms with van der Waals surface area (Å²) in [6, 6.07) is 16.6. The van der Waals surface area contributed by atoms with Crippen LogP contribution in [0, 0.1) is 0 Å². The average Bonchev–Trinajstić information content (AvgIpc) is 1.71. The van der Waals surface area contributed by atoms with Gasteiger partial charge in [0, 0.05) is 71.8 Å². The van der Waals surface area contributed by atoms with Crippen LogP contribution in [0.25, 0.3) is 21.8 Å². The number of anilines is 4. The Kier molecular flexibility index (Phi) is 33.7. The van der Waals surface area contributed by atoms with Gasteiger partial charge in [0.2, 0.25) is 0 Å². The minimum Gasteiger partial charge on any atom is -1.00 e. The van der Waals surface area contributed by atoms with Gasteiger partial charge in [0.15, 0.2) is 11.4 Å². The van der Waals surface area contributed by atoms with Gasteiger partial charge in [-0.3, -0.25) is 24.5 Å². The third kappa shape index (κ3) is 23.6. The second-order valence-corrected chi connectivity index (χ2v) is 23.7. The standard InChI is InChI=1S/C25H31Cl2N5O6S.C25H30ClN5O6S.CH2O3.2CH4.2K.H/c1-5-37-23(33)22-21(31-39(35,36)29-11-6-10-26)18-14-17(27)7-8-19(18)32(22)15-16-9-12-28-20(13-16)30-24(34)38-25(2,3)4;1-5-36-23(32)22-21(31-12-6-10-28-38(31,34)35)18-14-17(26)7-8-19(18)30(22)15-16-9-11-27-20(13-16)29-24(33)37-25(2,3)4;2-1-4-3;;;;;/h7-9,12-14,29,31H,5-6,10-11,15H2,1-4H3,(H,28,30,34);7-9,11,13-14,28H,5-6,10,12,15H2,1-4H3,(H,27,29,33);1,3H;2*1H4;;;/q;;;;;2*+1;-1/p-1. The van der Waals surface area contributed by atoms with E-state index in [4.69, 9.17) is 63.8 Å². The molecule has 5 heterocycles. The molecule has 1 fully saturated rings. The SMILES string of the molecule is C.C.CCOC(=O)c1c(N2CCCNS2(=O)=O)c2cc(Cl)ccc2n1Cc1ccnc(NC(=O)OC(C)(C)C)c1.CCOC(=O)c1c(NS(=O)(=O)NCCCCl)c2cc(Cl)ccc2n1Cc1ccnc(NC(=O)OC(C)(C)C)c1.O=CO[O-].[H-].[K+].[K+]. The van der Waals surface area contributed by atoms with Gasteiger partial charge in [-0.05, 0) is 140 Å². The molecule has 0 unspecified atom stereocenters. The van der Waals surface area contributed by atoms with Crippen molar-refractivity contribution < 1.29 is 174 Å². The first kappa shape index (κ1) is 79.3. The van der Waals surface area contributed by atoms with Crippen LogP contribution in [0.3, 0.4) is 0 Å². The Labute approximate surface area is 597 Å². The molecule has 2 aromatic carbocycles. The molecule has 0 spiro atoms. The van der Waals surface area contributed by atoms with Gasteiger partial charge in [-0.15, -0.1) is 11.6 Å². The first-order chi connectivity index (χ1) is 38.1. The van der Waals surface area contributed by atoms with Crippen LogP contribution in [0.15, 0.2) is 73.1 Å². The van der Waals surface area contributed by atoms with E-state index in [0.717, 1.165) is 0 Å². The fraction of sp³-hybridized carbons (Fsp3) is 0.415. The van der Waals surface area contributed by atoms with E-state index in [0.29, 0.717) is 62.4 Å². The maximum atomic E-state index is 13.3. The van der Waals surface area contributed by atoms with E-state index in [-0.39, 0.29) is 205 Å². The summed E-state index contributed by atoms with van der Waals surface area (Å²) in [5, 5.41) is 15.3. The van der Waals surface area contributed by atoms with E-state index >= 15 is 0 Å². The quantitative estimate of drug-likeness (QED) is 0.0121. The molecule has 0 saturated carbocycles. The molecular formula is C53H71Cl3K2N10O15S2. The van der Waals surface area contributed by atoms with Crippen molar-refractivity contribution in [1.82, 2.24) is 28.5 Å². The van der Waals surface area contributed by atoms with Crippen molar-refractivity contribution in [1.29, 1.82) is 0 Å². The van der Waals surface area contributed by atoms with Crippen LogP contribution in [0.1, 0.15) is 117 Å². The van der Waals surface area contributed by atoms with Gasteiger partial charge in [-0.1, -0.05) is 38.1 Å². The minimum atomic E-state index is -4.07. The van der Waals surface area contributed by atoms with Crippen molar-refractivity contribution in [2.24, 2.45) is 0 Å². The van der Waals surface area contributed by atoms with Crippen molar-refractivity contribution in [3.05, 3.63) is 106 Å². The molecule has 0 atom stereocenters. The van der Waals surface area contributed by atoms with Crippen LogP contribution in [0.5, 0.6) is 0 Å². The zero-order valence-electron chi connectivity index (χ0n) is 48.4. The Morgan fingerprint density at radius 2 is 1.22 bits per heavy atom. The number of hydrogen-bond donors (Lipinski definition) is 5. The van der Waals surface area contributed by atoms with Crippen LogP contribution >= 0.6 is 34.8 Å². The molecule has 0 radical (unpaired) electrons. The molecule has 7 rings (SSSR count). The van der Waals surface area contributed by atoms with E-state index in [2.05, 4.69) is 39.7 Å². The maximum absolute atomic E-state index is 13.3. The number of esters is 2. The maximum Gasteiger partial charge on any atom is 1.00 e. The van der Waals surface area contributed by atoms with E-state index < -0.39 is 55.7 Å². The molecule has 6 aromatic rings. The number of halogens is 3. The Balaban J connectivity index is 0.00000150. The molecule has 4 aromatic heterocycles. The molecule has 85 heavy (non-hydrogen) atoms. The molecule has 32 heteroatoms. The number of ether oxygens (including phenoxy) is 4. The smallest absolute Gasteiger partial charge is 1.00 e. The second-order valence-electron chi connectivity index (χ2n) is 19.3. The molecule has 458 valence electrons. The van der Waals surface area contributed by atoms with Gasteiger partial charge < -0.3 is 39.7 Å². The number of nitrogens with one attached hydrogen (secondary N) is 5. The molecular weight excluding hydrogens is 1270 g/mol. The molecule has 1 saturated heterocycles. The fourth-order valence-corrected chi connectivity index (χ4v) is 10.7. The summed E-state index contributed by atoms with van der Waals surface area (Å²) in [6.45, 7) is 14.7. The Morgan fingerprint density at radius 3 is 1.67 bits per heavy atom. The fourth-order valence-electron chi connectivity index (χ4n) is 7.90. The summed E-state index contributed by atoms with van der Waals surface area (Å²) >= 11 is 18.2. The third-order valence-electron chi connectivity index (χ3n) is 10.8. The first-order valence-electron chi connectivity index (χ1n) is 24.8. The monoisotopic (exact) mass is 1330 g/mol. The summed E-state index contributed by atoms with van der Waals surface area (Å²) in [7, 11) is -7.97. The van der Waals surface area contributed by atoms with Gasteiger partial charge >= 0.3 is 137 Å². The molecule has 2 amide bonds. The van der Waals surface area contributed by atoms with Crippen molar-refractivity contribution in [2.75, 3.05) is 58.4 Å². The van der Waals surface area contributed by atoms with Crippen LogP contribution in [-0.4, -0.2) is 116 Å². The van der Waals surface area contributed by atoms with E-state index in [1.54, 1.807) is 125 Å². The summed E-state index contributed by atoms with van der Waals surface area (Å²) in [6.07, 6.45) is 2.67. The number of alkyl halides is 1. The number of benzene rings is 2. The molecule has 1 aliphatic heterocycles. The summed E-state index contributed by atoms with van der Waals surface area (Å²) in [4.78, 5) is 70.6. The summed E-state index contributed by atoms with van der Waals surface area (Å²) < 4.78 is 84.8. The minimum absolute atomic E-state index is 0. The predicted octanol–water partition coefficient (Wildman–Crippen LogP) is 3.27. The predicted molar refractivity (Wildman–Crippen MR) is 319 cm³/mol. The van der Waals surface area contributed by atoms with Crippen LogP contribution < -0.4 is 137 Å². The van der Waals surface area contributed by atoms with Crippen molar-refractivity contribution in [3.8, 4) is 0 Å². The number of carbonyl (C=O) groups excluding carboxylic acids is 5. The zero-order valence-corrected chi connectivity index (χ0v) is 57.5. The number of nitrogens with zero attached hydrogens (tertiary/aromatic N) is 5. The number of aromatic nitrogens is 4. The second kappa shape index (κ2) is 36.1. The zero-order chi connectivity index (χ0) is 59.9.